The fourth-order valence-corrected chi connectivity index (χ4v) is 1.52. The minimum atomic E-state index is -0.546. The summed E-state index contributed by atoms with van der Waals surface area (Å²) in [6, 6.07) is 4.16. The van der Waals surface area contributed by atoms with Crippen molar-refractivity contribution in [3.05, 3.63) is 24.0 Å². The minimum Gasteiger partial charge on any atom is -0.491 e. The largest absolute Gasteiger partial charge is 0.491 e. The normalized spacial score (nSPS) is 9.95. The summed E-state index contributed by atoms with van der Waals surface area (Å²) < 4.78 is 23.3. The molecule has 5 nitrogen and oxygen atoms in total. The number of hydrogen-bond acceptors (Lipinski definition) is 4. The van der Waals surface area contributed by atoms with Gasteiger partial charge in [0.15, 0.2) is 11.6 Å². The van der Waals surface area contributed by atoms with Gasteiger partial charge in [0.25, 0.3) is 0 Å². The SMILES string of the molecule is CCOC(=O)CCC(=O)Nc1ccc(OCC)c(F)c1. The maximum atomic E-state index is 13.6. The van der Waals surface area contributed by atoms with Crippen molar-refractivity contribution in [2.45, 2.75) is 26.7 Å². The summed E-state index contributed by atoms with van der Waals surface area (Å²) in [4.78, 5) is 22.7. The van der Waals surface area contributed by atoms with E-state index < -0.39 is 11.8 Å². The number of ether oxygens (including phenoxy) is 2. The standard InChI is InChI=1S/C14H18FNO4/c1-3-19-12-6-5-10(9-11(12)15)16-13(17)7-8-14(18)20-4-2/h5-6,9H,3-4,7-8H2,1-2H3,(H,16,17). The summed E-state index contributed by atoms with van der Waals surface area (Å²) >= 11 is 0. The van der Waals surface area contributed by atoms with Gasteiger partial charge in [-0.25, -0.2) is 4.39 Å². The number of benzene rings is 1. The lowest BCUT2D eigenvalue weighted by molar-refractivity contribution is -0.144. The number of hydrogen-bond donors (Lipinski definition) is 1. The molecule has 1 N–H and O–H groups in total. The molecule has 0 unspecified atom stereocenters. The van der Waals surface area contributed by atoms with Gasteiger partial charge in [0.2, 0.25) is 5.91 Å². The maximum Gasteiger partial charge on any atom is 0.306 e. The van der Waals surface area contributed by atoms with Crippen LogP contribution < -0.4 is 10.1 Å². The third kappa shape index (κ3) is 5.26. The number of nitrogens with one attached hydrogen (secondary N) is 1. The predicted molar refractivity (Wildman–Crippen MR) is 72.1 cm³/mol. The van der Waals surface area contributed by atoms with E-state index in [9.17, 15) is 14.0 Å². The number of anilines is 1. The zero-order valence-corrected chi connectivity index (χ0v) is 11.6. The maximum absolute atomic E-state index is 13.6. The lowest BCUT2D eigenvalue weighted by Crippen LogP contribution is -2.14. The van der Waals surface area contributed by atoms with Gasteiger partial charge in [0.1, 0.15) is 0 Å². The summed E-state index contributed by atoms with van der Waals surface area (Å²) in [7, 11) is 0. The van der Waals surface area contributed by atoms with Gasteiger partial charge in [0, 0.05) is 18.2 Å². The molecule has 110 valence electrons. The zero-order valence-electron chi connectivity index (χ0n) is 11.6. The third-order valence-electron chi connectivity index (χ3n) is 2.38. The Hall–Kier alpha value is -2.11. The van der Waals surface area contributed by atoms with E-state index in [1.807, 2.05) is 0 Å². The second kappa shape index (κ2) is 8.14. The van der Waals surface area contributed by atoms with Crippen molar-refractivity contribution >= 4 is 17.6 Å². The molecule has 1 amide bonds. The van der Waals surface area contributed by atoms with E-state index in [2.05, 4.69) is 5.32 Å². The molecule has 0 aliphatic heterocycles. The smallest absolute Gasteiger partial charge is 0.306 e. The molecular weight excluding hydrogens is 265 g/mol. The Morgan fingerprint density at radius 3 is 2.55 bits per heavy atom. The first-order valence-electron chi connectivity index (χ1n) is 6.44. The van der Waals surface area contributed by atoms with E-state index in [0.29, 0.717) is 12.3 Å². The van der Waals surface area contributed by atoms with Crippen molar-refractivity contribution in [3.8, 4) is 5.75 Å². The van der Waals surface area contributed by atoms with Crippen molar-refractivity contribution in [2.75, 3.05) is 18.5 Å². The molecule has 0 aliphatic rings. The first kappa shape index (κ1) is 15.9. The summed E-state index contributed by atoms with van der Waals surface area (Å²) in [6.07, 6.45) is -0.00709. The summed E-state index contributed by atoms with van der Waals surface area (Å²) in [5.74, 6) is -1.21. The number of carbonyl (C=O) groups is 2. The highest BCUT2D eigenvalue weighted by Crippen LogP contribution is 2.21. The first-order chi connectivity index (χ1) is 9.56. The van der Waals surface area contributed by atoms with E-state index in [0.717, 1.165) is 0 Å². The van der Waals surface area contributed by atoms with Crippen LogP contribution in [0.4, 0.5) is 10.1 Å². The van der Waals surface area contributed by atoms with Gasteiger partial charge in [-0.1, -0.05) is 0 Å². The average Bonchev–Trinajstić information content (AvgIpc) is 2.40. The monoisotopic (exact) mass is 283 g/mol. The van der Waals surface area contributed by atoms with Crippen molar-refractivity contribution in [1.82, 2.24) is 0 Å². The van der Waals surface area contributed by atoms with Crippen molar-refractivity contribution in [3.63, 3.8) is 0 Å². The number of rotatable bonds is 7. The highest BCUT2D eigenvalue weighted by Gasteiger charge is 2.09. The summed E-state index contributed by atoms with van der Waals surface area (Å²) in [5, 5.41) is 2.51. The highest BCUT2D eigenvalue weighted by molar-refractivity contribution is 5.92. The number of amides is 1. The van der Waals surface area contributed by atoms with E-state index in [1.54, 1.807) is 13.8 Å². The molecule has 0 fully saturated rings. The van der Waals surface area contributed by atoms with Crippen LogP contribution in [0.5, 0.6) is 5.75 Å². The first-order valence-corrected chi connectivity index (χ1v) is 6.44. The van der Waals surface area contributed by atoms with Crippen molar-refractivity contribution < 1.29 is 23.5 Å². The van der Waals surface area contributed by atoms with Crippen LogP contribution in [0.15, 0.2) is 18.2 Å². The Kier molecular flexibility index (Phi) is 6.49. The average molecular weight is 283 g/mol. The molecule has 0 saturated heterocycles. The van der Waals surface area contributed by atoms with Gasteiger partial charge in [-0.3, -0.25) is 9.59 Å². The molecule has 1 aromatic carbocycles. The Morgan fingerprint density at radius 1 is 1.20 bits per heavy atom. The molecular formula is C14H18FNO4. The molecule has 0 heterocycles. The molecule has 20 heavy (non-hydrogen) atoms. The van der Waals surface area contributed by atoms with Crippen LogP contribution in [-0.2, 0) is 14.3 Å². The van der Waals surface area contributed by atoms with Crippen LogP contribution >= 0.6 is 0 Å². The van der Waals surface area contributed by atoms with Gasteiger partial charge in [-0.15, -0.1) is 0 Å². The molecule has 0 atom stereocenters. The van der Waals surface area contributed by atoms with Crippen LogP contribution in [0.3, 0.4) is 0 Å². The molecule has 1 aromatic rings. The lowest BCUT2D eigenvalue weighted by atomic mass is 10.2. The van der Waals surface area contributed by atoms with Gasteiger partial charge in [-0.2, -0.15) is 0 Å². The Morgan fingerprint density at radius 2 is 1.95 bits per heavy atom. The third-order valence-corrected chi connectivity index (χ3v) is 2.38. The molecule has 0 radical (unpaired) electrons. The molecule has 1 rings (SSSR count). The Bertz CT molecular complexity index is 476. The van der Waals surface area contributed by atoms with Crippen LogP contribution in [0.2, 0.25) is 0 Å². The quantitative estimate of drug-likeness (QED) is 0.781. The van der Waals surface area contributed by atoms with Crippen LogP contribution in [0.25, 0.3) is 0 Å². The van der Waals surface area contributed by atoms with Gasteiger partial charge < -0.3 is 14.8 Å². The van der Waals surface area contributed by atoms with Gasteiger partial charge >= 0.3 is 5.97 Å². The Labute approximate surface area is 117 Å². The number of esters is 1. The topological polar surface area (TPSA) is 64.6 Å². The molecule has 0 bridgehead atoms. The zero-order chi connectivity index (χ0) is 15.0. The highest BCUT2D eigenvalue weighted by atomic mass is 19.1. The lowest BCUT2D eigenvalue weighted by Gasteiger charge is -2.08. The summed E-state index contributed by atoms with van der Waals surface area (Å²) in [5.41, 5.74) is 0.319. The predicted octanol–water partition coefficient (Wildman–Crippen LogP) is 2.51. The molecule has 0 spiro atoms. The fourth-order valence-electron chi connectivity index (χ4n) is 1.52. The van der Waals surface area contributed by atoms with Crippen LogP contribution in [0.1, 0.15) is 26.7 Å². The van der Waals surface area contributed by atoms with Crippen LogP contribution in [-0.4, -0.2) is 25.1 Å². The minimum absolute atomic E-state index is 0.000809. The van der Waals surface area contributed by atoms with E-state index in [1.165, 1.54) is 18.2 Å². The van der Waals surface area contributed by atoms with E-state index in [-0.39, 0.29) is 31.1 Å². The van der Waals surface area contributed by atoms with Crippen molar-refractivity contribution in [2.24, 2.45) is 0 Å². The van der Waals surface area contributed by atoms with E-state index in [4.69, 9.17) is 9.47 Å². The number of halogens is 1. The van der Waals surface area contributed by atoms with Crippen molar-refractivity contribution in [1.29, 1.82) is 0 Å². The van der Waals surface area contributed by atoms with Gasteiger partial charge in [0.05, 0.1) is 19.6 Å². The Balaban J connectivity index is 2.49. The fraction of sp³-hybridized carbons (Fsp3) is 0.429. The van der Waals surface area contributed by atoms with Gasteiger partial charge in [-0.05, 0) is 26.0 Å². The number of carbonyl (C=O) groups excluding carboxylic acids is 2. The molecule has 0 aromatic heterocycles. The molecule has 6 heteroatoms. The molecule has 0 aliphatic carbocycles. The van der Waals surface area contributed by atoms with E-state index >= 15 is 0 Å². The summed E-state index contributed by atoms with van der Waals surface area (Å²) in [6.45, 7) is 4.10. The second-order valence-corrected chi connectivity index (χ2v) is 3.93. The van der Waals surface area contributed by atoms with Crippen LogP contribution in [0, 0.1) is 5.82 Å². The molecule has 0 saturated carbocycles. The second-order valence-electron chi connectivity index (χ2n) is 3.93.